The molecule has 2 nitrogen and oxygen atoms in total. The van der Waals surface area contributed by atoms with Crippen molar-refractivity contribution in [3.63, 3.8) is 0 Å². The molecule has 0 aromatic heterocycles. The van der Waals surface area contributed by atoms with Crippen molar-refractivity contribution in [2.45, 2.75) is 50.1 Å². The van der Waals surface area contributed by atoms with E-state index in [4.69, 9.17) is 9.47 Å². The molecule has 0 aromatic carbocycles. The summed E-state index contributed by atoms with van der Waals surface area (Å²) >= 11 is 3.56. The molecule has 1 aliphatic carbocycles. The zero-order valence-electron chi connectivity index (χ0n) is 9.33. The van der Waals surface area contributed by atoms with Gasteiger partial charge in [-0.25, -0.2) is 0 Å². The summed E-state index contributed by atoms with van der Waals surface area (Å²) in [5.41, 5.74) is 0. The lowest BCUT2D eigenvalue weighted by atomic mass is 9.91. The molecule has 0 amide bonds. The Morgan fingerprint density at radius 1 is 1.50 bits per heavy atom. The summed E-state index contributed by atoms with van der Waals surface area (Å²) < 4.78 is 11.1. The van der Waals surface area contributed by atoms with Crippen LogP contribution in [-0.4, -0.2) is 30.8 Å². The molecule has 4 atom stereocenters. The molecule has 84 valence electrons. The van der Waals surface area contributed by atoms with Crippen LogP contribution in [-0.2, 0) is 9.47 Å². The summed E-state index contributed by atoms with van der Waals surface area (Å²) in [6, 6.07) is 0. The second-order valence-corrected chi connectivity index (χ2v) is 5.39. The summed E-state index contributed by atoms with van der Waals surface area (Å²) in [6.45, 7) is 5.33. The summed E-state index contributed by atoms with van der Waals surface area (Å²) in [6.07, 6.45) is 4.14. The van der Waals surface area contributed by atoms with E-state index >= 15 is 0 Å². The number of ether oxygens (including phenoxy) is 2. The van der Waals surface area contributed by atoms with Crippen LogP contribution in [0.15, 0.2) is 0 Å². The van der Waals surface area contributed by atoms with Gasteiger partial charge in [-0.3, -0.25) is 0 Å². The number of hydrogen-bond donors (Lipinski definition) is 0. The van der Waals surface area contributed by atoms with E-state index in [0.717, 1.165) is 13.0 Å². The molecule has 0 aromatic rings. The Morgan fingerprint density at radius 3 is 2.71 bits per heavy atom. The van der Waals surface area contributed by atoms with Crippen LogP contribution in [0.2, 0.25) is 0 Å². The monoisotopic (exact) mass is 264 g/mol. The maximum Gasteiger partial charge on any atom is 0.0958 e. The highest BCUT2D eigenvalue weighted by molar-refractivity contribution is 9.09. The normalized spacial score (nSPS) is 33.9. The molecule has 1 aliphatic rings. The summed E-state index contributed by atoms with van der Waals surface area (Å²) in [5.74, 6) is 0.673. The molecule has 14 heavy (non-hydrogen) atoms. The molecule has 3 heteroatoms. The van der Waals surface area contributed by atoms with E-state index in [-0.39, 0.29) is 6.10 Å². The standard InChI is InChI=1S/C11H21BrO2/c1-4-5-8(2)7-14-10-6-9(12)11(10)13-3/h8-11H,4-7H2,1-3H3. The summed E-state index contributed by atoms with van der Waals surface area (Å²) in [4.78, 5) is 0.485. The molecule has 0 N–H and O–H groups in total. The van der Waals surface area contributed by atoms with E-state index in [2.05, 4.69) is 29.8 Å². The Hall–Kier alpha value is 0.400. The molecule has 0 saturated heterocycles. The van der Waals surface area contributed by atoms with Crippen LogP contribution >= 0.6 is 15.9 Å². The molecule has 0 heterocycles. The third-order valence-corrected chi connectivity index (χ3v) is 3.72. The zero-order valence-corrected chi connectivity index (χ0v) is 10.9. The quantitative estimate of drug-likeness (QED) is 0.687. The third kappa shape index (κ3) is 3.21. The second kappa shape index (κ2) is 6.09. The fourth-order valence-electron chi connectivity index (χ4n) is 1.85. The van der Waals surface area contributed by atoms with Gasteiger partial charge in [0.25, 0.3) is 0 Å². The molecule has 1 saturated carbocycles. The predicted molar refractivity (Wildman–Crippen MR) is 61.9 cm³/mol. The highest BCUT2D eigenvalue weighted by Crippen LogP contribution is 2.33. The van der Waals surface area contributed by atoms with Crippen LogP contribution < -0.4 is 0 Å². The lowest BCUT2D eigenvalue weighted by molar-refractivity contribution is -0.113. The van der Waals surface area contributed by atoms with Crippen LogP contribution in [0.3, 0.4) is 0 Å². The van der Waals surface area contributed by atoms with E-state index in [1.807, 2.05) is 0 Å². The van der Waals surface area contributed by atoms with E-state index in [1.54, 1.807) is 7.11 Å². The van der Waals surface area contributed by atoms with Crippen LogP contribution in [0.25, 0.3) is 0 Å². The minimum Gasteiger partial charge on any atom is -0.378 e. The second-order valence-electron chi connectivity index (χ2n) is 4.22. The number of halogens is 1. The van der Waals surface area contributed by atoms with E-state index < -0.39 is 0 Å². The Morgan fingerprint density at radius 2 is 2.21 bits per heavy atom. The van der Waals surface area contributed by atoms with Gasteiger partial charge in [0.1, 0.15) is 0 Å². The lowest BCUT2D eigenvalue weighted by Gasteiger charge is -2.40. The summed E-state index contributed by atoms with van der Waals surface area (Å²) in [5, 5.41) is 0. The van der Waals surface area contributed by atoms with Crippen molar-refractivity contribution in [1.29, 1.82) is 0 Å². The molecule has 0 bridgehead atoms. The van der Waals surface area contributed by atoms with Crippen molar-refractivity contribution < 1.29 is 9.47 Å². The molecular formula is C11H21BrO2. The molecule has 0 spiro atoms. The van der Waals surface area contributed by atoms with Gasteiger partial charge in [0.15, 0.2) is 0 Å². The minimum atomic E-state index is 0.254. The van der Waals surface area contributed by atoms with Crippen molar-refractivity contribution in [3.8, 4) is 0 Å². The van der Waals surface area contributed by atoms with Crippen molar-refractivity contribution in [2.24, 2.45) is 5.92 Å². The Balaban J connectivity index is 2.13. The first-order chi connectivity index (χ1) is 6.69. The maximum absolute atomic E-state index is 5.81. The van der Waals surface area contributed by atoms with Gasteiger partial charge in [-0.15, -0.1) is 0 Å². The highest BCUT2D eigenvalue weighted by atomic mass is 79.9. The SMILES string of the molecule is CCCC(C)COC1CC(Br)C1OC. The van der Waals surface area contributed by atoms with Crippen molar-refractivity contribution in [2.75, 3.05) is 13.7 Å². The fourth-order valence-corrected chi connectivity index (χ4v) is 2.78. The average molecular weight is 265 g/mol. The van der Waals surface area contributed by atoms with E-state index in [9.17, 15) is 0 Å². The summed E-state index contributed by atoms with van der Waals surface area (Å²) in [7, 11) is 1.75. The average Bonchev–Trinajstić information content (AvgIpc) is 2.13. The largest absolute Gasteiger partial charge is 0.378 e. The maximum atomic E-state index is 5.81. The highest BCUT2D eigenvalue weighted by Gasteiger charge is 2.40. The molecule has 4 unspecified atom stereocenters. The number of methoxy groups -OCH3 is 1. The van der Waals surface area contributed by atoms with Crippen LogP contribution in [0.4, 0.5) is 0 Å². The molecule has 1 fully saturated rings. The number of rotatable bonds is 6. The minimum absolute atomic E-state index is 0.254. The van der Waals surface area contributed by atoms with Gasteiger partial charge in [0.2, 0.25) is 0 Å². The van der Waals surface area contributed by atoms with Gasteiger partial charge >= 0.3 is 0 Å². The first kappa shape index (κ1) is 12.5. The Labute approximate surface area is 95.5 Å². The molecule has 0 radical (unpaired) electrons. The van der Waals surface area contributed by atoms with E-state index in [0.29, 0.717) is 16.8 Å². The zero-order chi connectivity index (χ0) is 10.6. The van der Waals surface area contributed by atoms with Gasteiger partial charge in [0.05, 0.1) is 12.2 Å². The number of alkyl halides is 1. The van der Waals surface area contributed by atoms with Crippen LogP contribution in [0.1, 0.15) is 33.1 Å². The fraction of sp³-hybridized carbons (Fsp3) is 1.00. The van der Waals surface area contributed by atoms with Gasteiger partial charge in [-0.2, -0.15) is 0 Å². The van der Waals surface area contributed by atoms with Crippen molar-refractivity contribution in [1.82, 2.24) is 0 Å². The molecular weight excluding hydrogens is 244 g/mol. The van der Waals surface area contributed by atoms with E-state index in [1.165, 1.54) is 12.8 Å². The van der Waals surface area contributed by atoms with Gasteiger partial charge in [0, 0.05) is 18.5 Å². The van der Waals surface area contributed by atoms with Crippen molar-refractivity contribution >= 4 is 15.9 Å². The molecule has 1 rings (SSSR count). The van der Waals surface area contributed by atoms with Crippen LogP contribution in [0.5, 0.6) is 0 Å². The Kier molecular flexibility index (Phi) is 5.42. The van der Waals surface area contributed by atoms with Crippen molar-refractivity contribution in [3.05, 3.63) is 0 Å². The van der Waals surface area contributed by atoms with Gasteiger partial charge in [-0.05, 0) is 18.8 Å². The predicted octanol–water partition coefficient (Wildman–Crippen LogP) is 2.99. The lowest BCUT2D eigenvalue weighted by Crippen LogP contribution is -2.50. The smallest absolute Gasteiger partial charge is 0.0958 e. The topological polar surface area (TPSA) is 18.5 Å². The van der Waals surface area contributed by atoms with Gasteiger partial charge in [-0.1, -0.05) is 36.2 Å². The first-order valence-corrected chi connectivity index (χ1v) is 6.39. The molecule has 0 aliphatic heterocycles. The Bertz CT molecular complexity index is 163. The van der Waals surface area contributed by atoms with Gasteiger partial charge < -0.3 is 9.47 Å². The number of hydrogen-bond acceptors (Lipinski definition) is 2. The van der Waals surface area contributed by atoms with Crippen LogP contribution in [0, 0.1) is 5.92 Å². The first-order valence-electron chi connectivity index (χ1n) is 5.47. The third-order valence-electron chi connectivity index (χ3n) is 2.83.